The monoisotopic (exact) mass is 223 g/mol. The normalized spacial score (nSPS) is 21.7. The van der Waals surface area contributed by atoms with Gasteiger partial charge in [-0.15, -0.1) is 0 Å². The predicted octanol–water partition coefficient (Wildman–Crippen LogP) is 3.42. The van der Waals surface area contributed by atoms with Gasteiger partial charge in [0.15, 0.2) is 0 Å². The Kier molecular flexibility index (Phi) is 3.32. The van der Waals surface area contributed by atoms with E-state index in [2.05, 4.69) is 31.3 Å². The molecule has 1 N–H and O–H groups in total. The van der Waals surface area contributed by atoms with Crippen LogP contribution in [0, 0.1) is 13.8 Å². The summed E-state index contributed by atoms with van der Waals surface area (Å²) in [7, 11) is 0. The third kappa shape index (κ3) is 2.35. The lowest BCUT2D eigenvalue weighted by molar-refractivity contribution is 0.460. The van der Waals surface area contributed by atoms with Crippen LogP contribution in [-0.2, 0) is 0 Å². The maximum atomic E-state index is 6.12. The van der Waals surface area contributed by atoms with Gasteiger partial charge in [0.2, 0.25) is 0 Å². The summed E-state index contributed by atoms with van der Waals surface area (Å²) in [5, 5.41) is 4.33. The topological polar surface area (TPSA) is 12.0 Å². The van der Waals surface area contributed by atoms with Gasteiger partial charge in [0.1, 0.15) is 0 Å². The molecule has 0 aliphatic carbocycles. The van der Waals surface area contributed by atoms with Crippen molar-refractivity contribution in [3.8, 4) is 0 Å². The number of benzene rings is 1. The van der Waals surface area contributed by atoms with Crippen molar-refractivity contribution < 1.29 is 0 Å². The van der Waals surface area contributed by atoms with Crippen LogP contribution in [0.2, 0.25) is 5.02 Å². The second kappa shape index (κ2) is 4.54. The molecule has 1 atom stereocenters. The zero-order chi connectivity index (χ0) is 10.8. The maximum Gasteiger partial charge on any atom is 0.0411 e. The molecule has 1 aromatic rings. The van der Waals surface area contributed by atoms with Gasteiger partial charge < -0.3 is 5.32 Å². The van der Waals surface area contributed by atoms with Gasteiger partial charge in [-0.25, -0.2) is 0 Å². The fourth-order valence-electron chi connectivity index (χ4n) is 2.38. The Morgan fingerprint density at radius 1 is 1.33 bits per heavy atom. The van der Waals surface area contributed by atoms with Crippen molar-refractivity contribution in [2.75, 3.05) is 13.1 Å². The minimum absolute atomic E-state index is 0.649. The first-order chi connectivity index (χ1) is 7.18. The van der Waals surface area contributed by atoms with Crippen molar-refractivity contribution in [3.05, 3.63) is 33.8 Å². The maximum absolute atomic E-state index is 6.12. The van der Waals surface area contributed by atoms with Crippen LogP contribution in [0.1, 0.15) is 35.4 Å². The fraction of sp³-hybridized carbons (Fsp3) is 0.538. The Morgan fingerprint density at radius 3 is 2.80 bits per heavy atom. The summed E-state index contributed by atoms with van der Waals surface area (Å²) < 4.78 is 0. The number of nitrogens with one attached hydrogen (secondary N) is 1. The minimum atomic E-state index is 0.649. The third-order valence-corrected chi connectivity index (χ3v) is 3.63. The highest BCUT2D eigenvalue weighted by Crippen LogP contribution is 2.30. The predicted molar refractivity (Wildman–Crippen MR) is 65.8 cm³/mol. The molecule has 1 nitrogen and oxygen atoms in total. The molecule has 1 heterocycles. The van der Waals surface area contributed by atoms with Crippen molar-refractivity contribution in [2.45, 2.75) is 32.6 Å². The standard InChI is InChI=1S/C13H18ClN/c1-9-6-12(14)7-13(10(9)2)11-4-3-5-15-8-11/h6-7,11,15H,3-5,8H2,1-2H3. The highest BCUT2D eigenvalue weighted by molar-refractivity contribution is 6.30. The first kappa shape index (κ1) is 11.0. The van der Waals surface area contributed by atoms with E-state index in [0.717, 1.165) is 18.1 Å². The highest BCUT2D eigenvalue weighted by Gasteiger charge is 2.18. The van der Waals surface area contributed by atoms with Gasteiger partial charge in [-0.3, -0.25) is 0 Å². The Morgan fingerprint density at radius 2 is 2.13 bits per heavy atom. The van der Waals surface area contributed by atoms with Gasteiger partial charge in [0, 0.05) is 11.6 Å². The van der Waals surface area contributed by atoms with Gasteiger partial charge in [-0.2, -0.15) is 0 Å². The van der Waals surface area contributed by atoms with E-state index in [0.29, 0.717) is 5.92 Å². The van der Waals surface area contributed by atoms with E-state index in [4.69, 9.17) is 11.6 Å². The number of hydrogen-bond donors (Lipinski definition) is 1. The molecule has 0 bridgehead atoms. The number of halogens is 1. The Labute approximate surface area is 96.8 Å². The number of rotatable bonds is 1. The number of hydrogen-bond acceptors (Lipinski definition) is 1. The van der Waals surface area contributed by atoms with Crippen LogP contribution in [0.5, 0.6) is 0 Å². The molecule has 0 spiro atoms. The van der Waals surface area contributed by atoms with Crippen molar-refractivity contribution >= 4 is 11.6 Å². The van der Waals surface area contributed by atoms with Crippen LogP contribution in [0.4, 0.5) is 0 Å². The van der Waals surface area contributed by atoms with Gasteiger partial charge in [-0.1, -0.05) is 11.6 Å². The summed E-state index contributed by atoms with van der Waals surface area (Å²) in [6, 6.07) is 4.19. The van der Waals surface area contributed by atoms with Crippen LogP contribution in [-0.4, -0.2) is 13.1 Å². The van der Waals surface area contributed by atoms with E-state index in [1.807, 2.05) is 0 Å². The Hall–Kier alpha value is -0.530. The van der Waals surface area contributed by atoms with Crippen LogP contribution < -0.4 is 5.32 Å². The Balaban J connectivity index is 2.33. The Bertz CT molecular complexity index is 354. The average molecular weight is 224 g/mol. The van der Waals surface area contributed by atoms with Crippen molar-refractivity contribution in [1.82, 2.24) is 5.32 Å². The van der Waals surface area contributed by atoms with E-state index in [9.17, 15) is 0 Å². The van der Waals surface area contributed by atoms with Crippen LogP contribution >= 0.6 is 11.6 Å². The van der Waals surface area contributed by atoms with Gasteiger partial charge in [-0.05, 0) is 68.0 Å². The smallest absolute Gasteiger partial charge is 0.0411 e. The SMILES string of the molecule is Cc1cc(Cl)cc(C2CCCNC2)c1C. The van der Waals surface area contributed by atoms with E-state index in [1.165, 1.54) is 29.5 Å². The molecule has 82 valence electrons. The molecule has 15 heavy (non-hydrogen) atoms. The molecule has 1 saturated heterocycles. The summed E-state index contributed by atoms with van der Waals surface area (Å²) >= 11 is 6.12. The minimum Gasteiger partial charge on any atom is -0.316 e. The molecule has 0 aromatic heterocycles. The van der Waals surface area contributed by atoms with Crippen LogP contribution in [0.15, 0.2) is 12.1 Å². The second-order valence-electron chi connectivity index (χ2n) is 4.48. The largest absolute Gasteiger partial charge is 0.316 e. The van der Waals surface area contributed by atoms with Gasteiger partial charge >= 0.3 is 0 Å². The molecule has 2 heteroatoms. The lowest BCUT2D eigenvalue weighted by Crippen LogP contribution is -2.28. The zero-order valence-corrected chi connectivity index (χ0v) is 10.2. The second-order valence-corrected chi connectivity index (χ2v) is 4.92. The molecule has 0 radical (unpaired) electrons. The zero-order valence-electron chi connectivity index (χ0n) is 9.44. The van der Waals surface area contributed by atoms with Gasteiger partial charge in [0.25, 0.3) is 0 Å². The molecule has 1 aromatic carbocycles. The molecule has 0 saturated carbocycles. The molecule has 1 unspecified atom stereocenters. The summed E-state index contributed by atoms with van der Waals surface area (Å²) in [6.07, 6.45) is 2.56. The molecular weight excluding hydrogens is 206 g/mol. The average Bonchev–Trinajstić information content (AvgIpc) is 2.24. The molecule has 2 rings (SSSR count). The summed E-state index contributed by atoms with van der Waals surface area (Å²) in [5.74, 6) is 0.649. The van der Waals surface area contributed by atoms with Gasteiger partial charge in [0.05, 0.1) is 0 Å². The van der Waals surface area contributed by atoms with Crippen molar-refractivity contribution in [2.24, 2.45) is 0 Å². The molecule has 1 fully saturated rings. The summed E-state index contributed by atoms with van der Waals surface area (Å²) in [6.45, 7) is 6.60. The van der Waals surface area contributed by atoms with E-state index in [-0.39, 0.29) is 0 Å². The lowest BCUT2D eigenvalue weighted by atomic mass is 9.87. The van der Waals surface area contributed by atoms with Crippen molar-refractivity contribution in [1.29, 1.82) is 0 Å². The molecule has 1 aliphatic heterocycles. The lowest BCUT2D eigenvalue weighted by Gasteiger charge is -2.25. The van der Waals surface area contributed by atoms with E-state index in [1.54, 1.807) is 0 Å². The van der Waals surface area contributed by atoms with Crippen molar-refractivity contribution in [3.63, 3.8) is 0 Å². The third-order valence-electron chi connectivity index (χ3n) is 3.41. The van der Waals surface area contributed by atoms with Crippen LogP contribution in [0.25, 0.3) is 0 Å². The quantitative estimate of drug-likeness (QED) is 0.770. The number of piperidine rings is 1. The van der Waals surface area contributed by atoms with Crippen LogP contribution in [0.3, 0.4) is 0 Å². The highest BCUT2D eigenvalue weighted by atomic mass is 35.5. The van der Waals surface area contributed by atoms with E-state index < -0.39 is 0 Å². The first-order valence-corrected chi connectivity index (χ1v) is 6.03. The molecule has 0 amide bonds. The molecular formula is C13H18ClN. The number of aryl methyl sites for hydroxylation is 1. The first-order valence-electron chi connectivity index (χ1n) is 5.66. The fourth-order valence-corrected chi connectivity index (χ4v) is 2.66. The summed E-state index contributed by atoms with van der Waals surface area (Å²) in [4.78, 5) is 0. The molecule has 1 aliphatic rings. The summed E-state index contributed by atoms with van der Waals surface area (Å²) in [5.41, 5.74) is 4.16. The van der Waals surface area contributed by atoms with E-state index >= 15 is 0 Å².